The molecule has 1 fully saturated rings. The molecule has 168 valence electrons. The van der Waals surface area contributed by atoms with Gasteiger partial charge >= 0.3 is 6.09 Å². The molecular weight excluding hydrogens is 436 g/mol. The Balaban J connectivity index is 1.62. The Kier molecular flexibility index (Phi) is 6.76. The van der Waals surface area contributed by atoms with Crippen molar-refractivity contribution in [3.8, 4) is 0 Å². The van der Waals surface area contributed by atoms with Gasteiger partial charge < -0.3 is 26.4 Å². The predicted octanol–water partition coefficient (Wildman–Crippen LogP) is 4.33. The van der Waals surface area contributed by atoms with Gasteiger partial charge in [0.2, 0.25) is 0 Å². The van der Waals surface area contributed by atoms with Crippen molar-refractivity contribution in [1.82, 2.24) is 15.3 Å². The van der Waals surface area contributed by atoms with Gasteiger partial charge in [0, 0.05) is 29.2 Å². The maximum absolute atomic E-state index is 12.2. The molecule has 3 rings (SSSR count). The van der Waals surface area contributed by atoms with Crippen LogP contribution in [0.5, 0.6) is 0 Å². The van der Waals surface area contributed by atoms with Gasteiger partial charge in [-0.3, -0.25) is 0 Å². The molecule has 1 aromatic carbocycles. The summed E-state index contributed by atoms with van der Waals surface area (Å²) in [5.74, 6) is 1.06. The fourth-order valence-electron chi connectivity index (χ4n) is 3.22. The molecule has 0 radical (unpaired) electrons. The number of hydrogen-bond acceptors (Lipinski definition) is 8. The van der Waals surface area contributed by atoms with E-state index in [1.807, 2.05) is 33.8 Å². The number of aromatic nitrogens is 2. The minimum Gasteiger partial charge on any atom is -0.444 e. The van der Waals surface area contributed by atoms with Crippen LogP contribution in [-0.2, 0) is 4.74 Å². The average molecular weight is 465 g/mol. The lowest BCUT2D eigenvalue weighted by atomic mass is 9.90. The largest absolute Gasteiger partial charge is 0.444 e. The number of carbonyl (C=O) groups is 1. The van der Waals surface area contributed by atoms with Crippen LogP contribution in [0, 0.1) is 0 Å². The number of nitrogens with zero attached hydrogens (tertiary/aromatic N) is 3. The second kappa shape index (κ2) is 9.00. The van der Waals surface area contributed by atoms with Gasteiger partial charge in [0.15, 0.2) is 5.82 Å². The molecule has 0 atom stereocenters. The smallest absolute Gasteiger partial charge is 0.408 e. The number of piperidine rings is 1. The number of carbonyl (C=O) groups excluding carboxylic acids is 1. The molecule has 0 bridgehead atoms. The van der Waals surface area contributed by atoms with E-state index in [0.717, 1.165) is 30.8 Å². The molecule has 5 N–H and O–H groups in total. The summed E-state index contributed by atoms with van der Waals surface area (Å²) in [7, 11) is 0. The van der Waals surface area contributed by atoms with E-state index in [1.165, 1.54) is 11.8 Å². The van der Waals surface area contributed by atoms with Gasteiger partial charge in [-0.15, -0.1) is 0 Å². The van der Waals surface area contributed by atoms with Crippen molar-refractivity contribution in [2.45, 2.75) is 61.6 Å². The summed E-state index contributed by atoms with van der Waals surface area (Å²) in [6, 6.07) is 5.31. The van der Waals surface area contributed by atoms with Crippen LogP contribution in [0.2, 0.25) is 5.02 Å². The quantitative estimate of drug-likeness (QED) is 0.572. The van der Waals surface area contributed by atoms with E-state index in [0.29, 0.717) is 27.4 Å². The molecule has 1 aromatic heterocycles. The van der Waals surface area contributed by atoms with Crippen LogP contribution in [0.25, 0.3) is 0 Å². The third-order valence-electron chi connectivity index (χ3n) is 4.91. The maximum atomic E-state index is 12.2. The van der Waals surface area contributed by atoms with Crippen LogP contribution < -0.4 is 21.7 Å². The summed E-state index contributed by atoms with van der Waals surface area (Å²) in [4.78, 5) is 24.1. The first-order valence-corrected chi connectivity index (χ1v) is 11.3. The van der Waals surface area contributed by atoms with Crippen LogP contribution in [0.3, 0.4) is 0 Å². The standard InChI is InChI=1S/C21H29ClN6O2S/c1-20(2,3)30-19(29)27-21(4)7-9-28(10-8-21)16-12-25-18(17(24)26-16)31-15-6-5-13(23)11-14(15)22/h5-6,11-12H,7-10,23H2,1-4H3,(H2,24,26)(H,27,29). The van der Waals surface area contributed by atoms with Crippen molar-refractivity contribution < 1.29 is 9.53 Å². The van der Waals surface area contributed by atoms with Crippen molar-refractivity contribution in [3.63, 3.8) is 0 Å². The lowest BCUT2D eigenvalue weighted by Crippen LogP contribution is -2.54. The molecule has 1 aliphatic rings. The second-order valence-electron chi connectivity index (χ2n) is 8.89. The lowest BCUT2D eigenvalue weighted by Gasteiger charge is -2.40. The Hall–Kier alpha value is -2.39. The second-order valence-corrected chi connectivity index (χ2v) is 10.3. The topological polar surface area (TPSA) is 119 Å². The van der Waals surface area contributed by atoms with Gasteiger partial charge in [0.05, 0.1) is 11.2 Å². The first kappa shape index (κ1) is 23.3. The molecule has 31 heavy (non-hydrogen) atoms. The van der Waals surface area contributed by atoms with E-state index >= 15 is 0 Å². The number of nitrogens with one attached hydrogen (secondary N) is 1. The van der Waals surface area contributed by atoms with Gasteiger partial charge in [0.1, 0.15) is 16.4 Å². The SMILES string of the molecule is CC1(NC(=O)OC(C)(C)C)CCN(c2cnc(Sc3ccc(N)cc3Cl)c(N)n2)CC1. The number of alkyl carbamates (subject to hydrolysis) is 1. The Morgan fingerprint density at radius 1 is 1.29 bits per heavy atom. The fraction of sp³-hybridized carbons (Fsp3) is 0.476. The number of benzene rings is 1. The average Bonchev–Trinajstić information content (AvgIpc) is 2.64. The van der Waals surface area contributed by atoms with E-state index in [4.69, 9.17) is 27.8 Å². The molecule has 0 saturated carbocycles. The Morgan fingerprint density at radius 3 is 2.55 bits per heavy atom. The molecule has 0 aliphatic carbocycles. The van der Waals surface area contributed by atoms with Crippen molar-refractivity contribution >= 4 is 46.8 Å². The van der Waals surface area contributed by atoms with E-state index in [9.17, 15) is 4.79 Å². The van der Waals surface area contributed by atoms with Gasteiger partial charge in [-0.05, 0) is 58.7 Å². The third kappa shape index (κ3) is 6.30. The minimum atomic E-state index is -0.523. The highest BCUT2D eigenvalue weighted by Gasteiger charge is 2.33. The van der Waals surface area contributed by atoms with Crippen molar-refractivity contribution in [1.29, 1.82) is 0 Å². The van der Waals surface area contributed by atoms with Gasteiger partial charge in [0.25, 0.3) is 0 Å². The highest BCUT2D eigenvalue weighted by atomic mass is 35.5. The van der Waals surface area contributed by atoms with E-state index in [-0.39, 0.29) is 5.54 Å². The number of rotatable bonds is 4. The number of anilines is 3. The van der Waals surface area contributed by atoms with Crippen LogP contribution in [-0.4, -0.2) is 40.3 Å². The monoisotopic (exact) mass is 464 g/mol. The molecule has 1 aliphatic heterocycles. The summed E-state index contributed by atoms with van der Waals surface area (Å²) < 4.78 is 5.39. The number of hydrogen-bond donors (Lipinski definition) is 3. The molecule has 0 unspecified atom stereocenters. The summed E-state index contributed by atoms with van der Waals surface area (Å²) in [5, 5.41) is 4.14. The molecule has 10 heteroatoms. The summed E-state index contributed by atoms with van der Waals surface area (Å²) in [5.41, 5.74) is 11.7. The zero-order chi connectivity index (χ0) is 22.8. The maximum Gasteiger partial charge on any atom is 0.408 e. The van der Waals surface area contributed by atoms with Gasteiger partial charge in [-0.2, -0.15) is 0 Å². The lowest BCUT2D eigenvalue weighted by molar-refractivity contribution is 0.0448. The summed E-state index contributed by atoms with van der Waals surface area (Å²) in [6.45, 7) is 9.02. The molecule has 1 saturated heterocycles. The number of halogens is 1. The molecule has 8 nitrogen and oxygen atoms in total. The highest BCUT2D eigenvalue weighted by Crippen LogP contribution is 2.36. The third-order valence-corrected chi connectivity index (χ3v) is 6.42. The Labute approximate surface area is 192 Å². The highest BCUT2D eigenvalue weighted by molar-refractivity contribution is 7.99. The first-order valence-electron chi connectivity index (χ1n) is 10.1. The summed E-state index contributed by atoms with van der Waals surface area (Å²) in [6.07, 6.45) is 2.83. The van der Waals surface area contributed by atoms with Crippen LogP contribution >= 0.6 is 23.4 Å². The molecule has 2 aromatic rings. The molecule has 2 heterocycles. The summed E-state index contributed by atoms with van der Waals surface area (Å²) >= 11 is 7.60. The first-order chi connectivity index (χ1) is 14.4. The zero-order valence-corrected chi connectivity index (χ0v) is 19.8. The fourth-order valence-corrected chi connectivity index (χ4v) is 4.28. The van der Waals surface area contributed by atoms with Crippen molar-refractivity contribution in [2.75, 3.05) is 29.5 Å². The number of nitrogen functional groups attached to an aromatic ring is 2. The van der Waals surface area contributed by atoms with Gasteiger partial charge in [-0.1, -0.05) is 23.4 Å². The number of nitrogens with two attached hydrogens (primary N) is 2. The number of amides is 1. The van der Waals surface area contributed by atoms with Crippen LogP contribution in [0.15, 0.2) is 34.3 Å². The molecule has 0 spiro atoms. The molecule has 1 amide bonds. The van der Waals surface area contributed by atoms with Crippen molar-refractivity contribution in [3.05, 3.63) is 29.4 Å². The van der Waals surface area contributed by atoms with Crippen molar-refractivity contribution in [2.24, 2.45) is 0 Å². The Bertz CT molecular complexity index is 957. The Morgan fingerprint density at radius 2 is 1.97 bits per heavy atom. The van der Waals surface area contributed by atoms with E-state index in [1.54, 1.807) is 18.3 Å². The zero-order valence-electron chi connectivity index (χ0n) is 18.2. The normalized spacial score (nSPS) is 16.1. The van der Waals surface area contributed by atoms with Crippen LogP contribution in [0.1, 0.15) is 40.5 Å². The van der Waals surface area contributed by atoms with Gasteiger partial charge in [-0.25, -0.2) is 14.8 Å². The molecular formula is C21H29ClN6O2S. The minimum absolute atomic E-state index is 0.334. The number of ether oxygens (including phenoxy) is 1. The van der Waals surface area contributed by atoms with E-state index in [2.05, 4.69) is 20.2 Å². The predicted molar refractivity (Wildman–Crippen MR) is 126 cm³/mol. The van der Waals surface area contributed by atoms with E-state index < -0.39 is 11.7 Å². The van der Waals surface area contributed by atoms with Crippen LogP contribution in [0.4, 0.5) is 22.1 Å².